The Morgan fingerprint density at radius 1 is 0.850 bits per heavy atom. The second-order valence-corrected chi connectivity index (χ2v) is 14.9. The number of fused-ring (bicyclic) bond motifs is 1. The van der Waals surface area contributed by atoms with Crippen molar-refractivity contribution in [3.63, 3.8) is 0 Å². The number of piperazine rings is 1. The fourth-order valence-electron chi connectivity index (χ4n) is 6.72. The zero-order chi connectivity index (χ0) is 42.6. The summed E-state index contributed by atoms with van der Waals surface area (Å²) in [6, 6.07) is 25.1. The third-order valence-corrected chi connectivity index (χ3v) is 10.9. The van der Waals surface area contributed by atoms with Crippen LogP contribution >= 0.6 is 11.3 Å². The number of thiazole rings is 1. The second kappa shape index (κ2) is 20.9. The Kier molecular flexibility index (Phi) is 15.3. The van der Waals surface area contributed by atoms with E-state index in [0.717, 1.165) is 64.8 Å². The van der Waals surface area contributed by atoms with Gasteiger partial charge < -0.3 is 44.7 Å². The molecule has 4 aromatic carbocycles. The first-order chi connectivity index (χ1) is 29.0. The van der Waals surface area contributed by atoms with Crippen LogP contribution in [0.15, 0.2) is 103 Å². The van der Waals surface area contributed by atoms with E-state index < -0.39 is 14.2 Å². The number of hydrogen-bond acceptors (Lipinski definition) is 13. The highest BCUT2D eigenvalue weighted by Crippen LogP contribution is 2.30. The van der Waals surface area contributed by atoms with Crippen LogP contribution in [-0.2, 0) is 9.59 Å². The summed E-state index contributed by atoms with van der Waals surface area (Å²) in [4.78, 5) is 36.7. The summed E-state index contributed by atoms with van der Waals surface area (Å²) in [5.41, 5.74) is 4.17. The van der Waals surface area contributed by atoms with Gasteiger partial charge in [0, 0.05) is 60.9 Å². The Labute approximate surface area is 351 Å². The van der Waals surface area contributed by atoms with Crippen LogP contribution in [0.25, 0.3) is 22.2 Å². The molecule has 0 spiro atoms. The summed E-state index contributed by atoms with van der Waals surface area (Å²) >= 11 is 1.63. The number of nitrogens with zero attached hydrogens (tertiary/aromatic N) is 5. The zero-order valence-electron chi connectivity index (χ0n) is 33.1. The fraction of sp³-hybridized carbons (Fsp3) is 0.268. The minimum absolute atomic E-state index is 0.0177. The van der Waals surface area contributed by atoms with Crippen molar-refractivity contribution in [3.05, 3.63) is 108 Å². The number of methoxy groups -OCH3 is 2. The van der Waals surface area contributed by atoms with E-state index in [1.165, 1.54) is 24.3 Å². The van der Waals surface area contributed by atoms with E-state index >= 15 is 0 Å². The summed E-state index contributed by atoms with van der Waals surface area (Å²) in [6.07, 6.45) is 2.55. The van der Waals surface area contributed by atoms with Crippen molar-refractivity contribution in [1.29, 1.82) is 0 Å². The molecule has 0 unspecified atom stereocenters. The minimum atomic E-state index is -1.51. The van der Waals surface area contributed by atoms with Gasteiger partial charge in [0.25, 0.3) is 0 Å². The average molecular weight is 838 g/mol. The largest absolute Gasteiger partial charge is 0.497 e. The molecule has 0 bridgehead atoms. The van der Waals surface area contributed by atoms with E-state index in [-0.39, 0.29) is 23.5 Å². The first-order valence-corrected chi connectivity index (χ1v) is 20.1. The molecule has 2 aliphatic heterocycles. The first-order valence-electron chi connectivity index (χ1n) is 19.2. The molecule has 1 atom stereocenters. The summed E-state index contributed by atoms with van der Waals surface area (Å²) in [5, 5.41) is 49.1. The molecule has 19 heteroatoms. The van der Waals surface area contributed by atoms with Crippen LogP contribution in [0.2, 0.25) is 0 Å². The fourth-order valence-corrected chi connectivity index (χ4v) is 7.41. The highest BCUT2D eigenvalue weighted by molar-refractivity contribution is 7.13. The average Bonchev–Trinajstić information content (AvgIpc) is 4.07. The van der Waals surface area contributed by atoms with Crippen LogP contribution in [0.1, 0.15) is 6.42 Å². The maximum atomic E-state index is 13.1. The molecule has 2 saturated heterocycles. The summed E-state index contributed by atoms with van der Waals surface area (Å²) < 4.78 is 22.3. The van der Waals surface area contributed by atoms with Gasteiger partial charge in [-0.3, -0.25) is 19.6 Å². The van der Waals surface area contributed by atoms with Gasteiger partial charge in [-0.1, -0.05) is 24.3 Å². The maximum Gasteiger partial charge on any atom is 0.488 e. The number of H-pyrrole nitrogens is 1. The van der Waals surface area contributed by atoms with Crippen LogP contribution in [0, 0.1) is 11.7 Å². The topological polar surface area (TPSA) is 197 Å². The number of anilines is 2. The van der Waals surface area contributed by atoms with E-state index in [0.29, 0.717) is 42.9 Å². The number of aromatic amines is 1. The molecule has 4 heterocycles. The number of rotatable bonds is 10. The monoisotopic (exact) mass is 837 g/mol. The van der Waals surface area contributed by atoms with E-state index in [2.05, 4.69) is 30.3 Å². The van der Waals surface area contributed by atoms with E-state index in [1.54, 1.807) is 49.8 Å². The Balaban J connectivity index is 0.000000234. The number of hydrogen-bond donors (Lipinski definition) is 6. The van der Waals surface area contributed by atoms with Crippen molar-refractivity contribution in [1.82, 2.24) is 25.0 Å². The lowest BCUT2D eigenvalue weighted by atomic mass is 9.80. The van der Waals surface area contributed by atoms with Gasteiger partial charge in [-0.2, -0.15) is 5.10 Å². The van der Waals surface area contributed by atoms with Crippen LogP contribution in [0.5, 0.6) is 11.5 Å². The number of benzene rings is 4. The molecular weight excluding hydrogens is 791 g/mol. The number of amides is 2. The summed E-state index contributed by atoms with van der Waals surface area (Å²) in [6.45, 7) is 4.67. The molecule has 2 aliphatic rings. The number of nitrogens with one attached hydrogen (secondary N) is 2. The van der Waals surface area contributed by atoms with Crippen molar-refractivity contribution in [2.24, 2.45) is 5.92 Å². The Bertz CT molecular complexity index is 2280. The molecule has 8 rings (SSSR count). The highest BCUT2D eigenvalue weighted by atomic mass is 32.1. The van der Waals surface area contributed by atoms with Gasteiger partial charge in [-0.15, -0.1) is 11.3 Å². The Hall–Kier alpha value is -5.82. The van der Waals surface area contributed by atoms with Crippen molar-refractivity contribution < 1.29 is 43.5 Å². The van der Waals surface area contributed by atoms with Crippen LogP contribution in [0.3, 0.4) is 0 Å². The minimum Gasteiger partial charge on any atom is -0.497 e. The predicted octanol–water partition coefficient (Wildman–Crippen LogP) is 2.18. The number of carbonyl (C=O) groups is 2. The molecule has 0 saturated carbocycles. The molecule has 2 amide bonds. The molecule has 60 heavy (non-hydrogen) atoms. The van der Waals surface area contributed by atoms with Gasteiger partial charge in [-0.25, -0.2) is 9.37 Å². The number of likely N-dealkylation sites (tertiary alicyclic amines) is 1. The van der Waals surface area contributed by atoms with Gasteiger partial charge >= 0.3 is 14.2 Å². The van der Waals surface area contributed by atoms with Crippen molar-refractivity contribution in [3.8, 4) is 22.8 Å². The predicted molar refractivity (Wildman–Crippen MR) is 231 cm³/mol. The molecule has 6 N–H and O–H groups in total. The van der Waals surface area contributed by atoms with Crippen molar-refractivity contribution in [2.45, 2.75) is 6.42 Å². The van der Waals surface area contributed by atoms with Gasteiger partial charge in [-0.05, 0) is 90.6 Å². The number of ether oxygens (including phenoxy) is 2. The molecule has 0 radical (unpaired) electrons. The Morgan fingerprint density at radius 3 is 2.05 bits per heavy atom. The van der Waals surface area contributed by atoms with E-state index in [9.17, 15) is 14.0 Å². The number of carbonyl (C=O) groups excluding carboxylic acids is 2. The van der Waals surface area contributed by atoms with E-state index in [1.807, 2.05) is 58.9 Å². The van der Waals surface area contributed by atoms with Crippen LogP contribution in [-0.4, -0.2) is 131 Å². The van der Waals surface area contributed by atoms with Crippen molar-refractivity contribution >= 4 is 70.0 Å². The van der Waals surface area contributed by atoms with Gasteiger partial charge in [0.1, 0.15) is 17.3 Å². The van der Waals surface area contributed by atoms with Gasteiger partial charge in [0.15, 0.2) is 5.13 Å². The standard InChI is InChI=1S/C28H31N7O3S.C7H9BO3.C6H6BFO2/c1-38-22-5-2-19(3-6-22)26-23-16-21(4-7-24(23)31-32-26)30-27(37)20-8-10-33(17-20)18-25(36)34-11-13-35(14-12-34)28-29-9-15-39-28;1-11-7-4-2-6(3-5-7)8(9)10;8-6-3-1-5(2-4-6)7(9)10/h2-7,9,15-16,20H,8,10-14,17-18H2,1H3,(H,30,37)(H,31,32);2-5,9-10H,1H3;1-4,9-10H/t20-;;/m1../s1. The summed E-state index contributed by atoms with van der Waals surface area (Å²) in [5.74, 6) is 1.06. The normalized spacial score (nSPS) is 15.0. The lowest BCUT2D eigenvalue weighted by Crippen LogP contribution is -2.51. The molecular formula is C41H46B2FN7O8S. The zero-order valence-corrected chi connectivity index (χ0v) is 34.0. The number of halogens is 1. The summed E-state index contributed by atoms with van der Waals surface area (Å²) in [7, 11) is 0.286. The molecule has 2 aromatic heterocycles. The number of aromatic nitrogens is 3. The quantitative estimate of drug-likeness (QED) is 0.110. The van der Waals surface area contributed by atoms with Gasteiger partial charge in [0.2, 0.25) is 11.8 Å². The lowest BCUT2D eigenvalue weighted by Gasteiger charge is -2.35. The van der Waals surface area contributed by atoms with Gasteiger partial charge in [0.05, 0.1) is 37.9 Å². The molecule has 6 aromatic rings. The molecule has 0 aliphatic carbocycles. The molecule has 15 nitrogen and oxygen atoms in total. The van der Waals surface area contributed by atoms with Crippen molar-refractivity contribution in [2.75, 3.05) is 70.2 Å². The second-order valence-electron chi connectivity index (χ2n) is 14.0. The smallest absolute Gasteiger partial charge is 0.488 e. The first kappa shape index (κ1) is 43.8. The van der Waals surface area contributed by atoms with E-state index in [4.69, 9.17) is 29.6 Å². The highest BCUT2D eigenvalue weighted by Gasteiger charge is 2.31. The Morgan fingerprint density at radius 2 is 1.47 bits per heavy atom. The SMILES string of the molecule is COc1ccc(-c2n[nH]c3ccc(NC(=O)[C@@H]4CCN(CC(=O)N5CCN(c6nccs6)CC5)C4)cc23)cc1.COc1ccc(B(O)O)cc1.OB(O)c1ccc(F)cc1. The molecule has 312 valence electrons. The third kappa shape index (κ3) is 11.7. The maximum absolute atomic E-state index is 13.1. The third-order valence-electron chi connectivity index (χ3n) is 10.1. The molecule has 2 fully saturated rings. The van der Waals surface area contributed by atoms with Crippen LogP contribution < -0.4 is 30.6 Å². The van der Waals surface area contributed by atoms with Crippen LogP contribution in [0.4, 0.5) is 15.2 Å². The lowest BCUT2D eigenvalue weighted by molar-refractivity contribution is -0.132.